The molecule has 0 radical (unpaired) electrons. The van der Waals surface area contributed by atoms with Crippen LogP contribution in [0.1, 0.15) is 12.0 Å². The Morgan fingerprint density at radius 1 is 1.58 bits per heavy atom. The summed E-state index contributed by atoms with van der Waals surface area (Å²) in [7, 11) is 3.04. The number of hydrogen-bond acceptors (Lipinski definition) is 4. The van der Waals surface area contributed by atoms with Crippen LogP contribution in [0.15, 0.2) is 12.3 Å². The molecule has 0 aliphatic carbocycles. The maximum atomic E-state index is 12.8. The molecule has 0 bridgehead atoms. The van der Waals surface area contributed by atoms with Gasteiger partial charge >= 0.3 is 0 Å². The van der Waals surface area contributed by atoms with Crippen LogP contribution in [-0.2, 0) is 9.59 Å². The molecule has 1 heterocycles. The number of ether oxygens (including phenoxy) is 1. The third-order valence-electron chi connectivity index (χ3n) is 2.17. The highest BCUT2D eigenvalue weighted by atomic mass is 19.3. The van der Waals surface area contributed by atoms with Crippen LogP contribution in [0.5, 0.6) is 5.88 Å². The molecule has 0 saturated heterocycles. The van der Waals surface area contributed by atoms with Crippen LogP contribution in [0.25, 0.3) is 0 Å². The van der Waals surface area contributed by atoms with Crippen LogP contribution in [-0.4, -0.2) is 42.9 Å². The third-order valence-corrected chi connectivity index (χ3v) is 2.17. The zero-order valence-corrected chi connectivity index (χ0v) is 10.4. The topological polar surface area (TPSA) is 71.5 Å². The highest BCUT2D eigenvalue weighted by Gasteiger charge is 2.18. The number of hydrogen-bond donors (Lipinski definition) is 1. The van der Waals surface area contributed by atoms with Crippen molar-refractivity contribution in [3.05, 3.63) is 17.8 Å². The van der Waals surface area contributed by atoms with Crippen molar-refractivity contribution in [2.45, 2.75) is 6.43 Å². The van der Waals surface area contributed by atoms with Crippen molar-refractivity contribution in [2.75, 3.05) is 26.0 Å². The first-order chi connectivity index (χ1) is 8.95. The van der Waals surface area contributed by atoms with Gasteiger partial charge in [0.15, 0.2) is 6.61 Å². The van der Waals surface area contributed by atoms with Crippen molar-refractivity contribution >= 4 is 18.0 Å². The van der Waals surface area contributed by atoms with E-state index in [0.29, 0.717) is 6.41 Å². The average Bonchev–Trinajstić information content (AvgIpc) is 2.36. The van der Waals surface area contributed by atoms with E-state index in [-0.39, 0.29) is 24.1 Å². The van der Waals surface area contributed by atoms with Crippen molar-refractivity contribution in [3.63, 3.8) is 0 Å². The molecule has 0 saturated carbocycles. The summed E-state index contributed by atoms with van der Waals surface area (Å²) in [6.45, 7) is -0.389. The van der Waals surface area contributed by atoms with E-state index in [2.05, 4.69) is 10.3 Å². The summed E-state index contributed by atoms with van der Waals surface area (Å²) in [6, 6.07) is 1.04. The Balaban J connectivity index is 2.87. The Hall–Kier alpha value is -2.25. The molecule has 0 atom stereocenters. The first-order valence-corrected chi connectivity index (χ1v) is 5.27. The molecular formula is C11H13F2N3O3. The monoisotopic (exact) mass is 273 g/mol. The number of nitrogens with zero attached hydrogens (tertiary/aromatic N) is 2. The number of pyridine rings is 1. The van der Waals surface area contributed by atoms with Crippen LogP contribution in [0.2, 0.25) is 0 Å². The third kappa shape index (κ3) is 4.16. The Kier molecular flexibility index (Phi) is 5.16. The van der Waals surface area contributed by atoms with Gasteiger partial charge in [-0.3, -0.25) is 9.59 Å². The number of carbonyl (C=O) groups is 2. The number of nitrogens with one attached hydrogen (secondary N) is 1. The summed E-state index contributed by atoms with van der Waals surface area (Å²) >= 11 is 0. The second-order valence-corrected chi connectivity index (χ2v) is 3.76. The van der Waals surface area contributed by atoms with Gasteiger partial charge in [0.1, 0.15) is 0 Å². The van der Waals surface area contributed by atoms with Gasteiger partial charge in [0, 0.05) is 14.1 Å². The maximum absolute atomic E-state index is 12.8. The molecule has 0 spiro atoms. The first kappa shape index (κ1) is 14.8. The molecule has 8 heteroatoms. The number of halogens is 2. The minimum absolute atomic E-state index is 0.122. The predicted octanol–water partition coefficient (Wildman–Crippen LogP) is 1.05. The smallest absolute Gasteiger partial charge is 0.269 e. The number of aromatic nitrogens is 1. The standard InChI is InChI=1S/C11H13F2N3O3/c1-16(2)9(18)5-19-11-8(10(12)13)3-7(4-14-11)15-6-17/h3-4,6,10H,5H2,1-2H3,(H,15,17). The van der Waals surface area contributed by atoms with Gasteiger partial charge in [-0.25, -0.2) is 13.8 Å². The number of carbonyl (C=O) groups excluding carboxylic acids is 2. The fourth-order valence-corrected chi connectivity index (χ4v) is 1.15. The van der Waals surface area contributed by atoms with Crippen molar-refractivity contribution in [1.82, 2.24) is 9.88 Å². The average molecular weight is 273 g/mol. The number of likely N-dealkylation sites (N-methyl/N-ethyl adjacent to an activating group) is 1. The van der Waals surface area contributed by atoms with Crippen LogP contribution in [0.4, 0.5) is 14.5 Å². The highest BCUT2D eigenvalue weighted by molar-refractivity contribution is 5.77. The molecule has 1 rings (SSSR count). The van der Waals surface area contributed by atoms with E-state index in [4.69, 9.17) is 4.74 Å². The molecule has 0 aliphatic rings. The molecule has 2 amide bonds. The van der Waals surface area contributed by atoms with Crippen molar-refractivity contribution in [3.8, 4) is 5.88 Å². The van der Waals surface area contributed by atoms with Crippen LogP contribution in [0.3, 0.4) is 0 Å². The Labute approximate surface area is 108 Å². The Morgan fingerprint density at radius 3 is 2.79 bits per heavy atom. The molecule has 1 aromatic rings. The zero-order chi connectivity index (χ0) is 14.4. The van der Waals surface area contributed by atoms with E-state index in [9.17, 15) is 18.4 Å². The van der Waals surface area contributed by atoms with Crippen molar-refractivity contribution < 1.29 is 23.1 Å². The molecule has 6 nitrogen and oxygen atoms in total. The van der Waals surface area contributed by atoms with E-state index >= 15 is 0 Å². The van der Waals surface area contributed by atoms with Gasteiger partial charge in [-0.2, -0.15) is 0 Å². The van der Waals surface area contributed by atoms with E-state index < -0.39 is 12.0 Å². The molecule has 1 aromatic heterocycles. The van der Waals surface area contributed by atoms with Gasteiger partial charge in [-0.05, 0) is 6.07 Å². The lowest BCUT2D eigenvalue weighted by Gasteiger charge is -2.13. The number of alkyl halides is 2. The Bertz CT molecular complexity index is 466. The lowest BCUT2D eigenvalue weighted by Crippen LogP contribution is -2.28. The van der Waals surface area contributed by atoms with Gasteiger partial charge in [-0.1, -0.05) is 0 Å². The molecule has 0 aromatic carbocycles. The fraction of sp³-hybridized carbons (Fsp3) is 0.364. The molecule has 104 valence electrons. The number of amides is 2. The summed E-state index contributed by atoms with van der Waals surface area (Å²) in [6.07, 6.45) is -1.32. The molecule has 0 aliphatic heterocycles. The summed E-state index contributed by atoms with van der Waals surface area (Å²) in [5.74, 6) is -0.709. The van der Waals surface area contributed by atoms with Gasteiger partial charge in [0.2, 0.25) is 12.3 Å². The van der Waals surface area contributed by atoms with E-state index in [1.807, 2.05) is 0 Å². The van der Waals surface area contributed by atoms with Gasteiger partial charge in [0.25, 0.3) is 12.3 Å². The molecule has 0 fully saturated rings. The van der Waals surface area contributed by atoms with Gasteiger partial charge in [0.05, 0.1) is 17.4 Å². The van der Waals surface area contributed by atoms with Crippen LogP contribution in [0, 0.1) is 0 Å². The lowest BCUT2D eigenvalue weighted by molar-refractivity contribution is -0.130. The fourth-order valence-electron chi connectivity index (χ4n) is 1.15. The van der Waals surface area contributed by atoms with Crippen molar-refractivity contribution in [2.24, 2.45) is 0 Å². The summed E-state index contributed by atoms with van der Waals surface area (Å²) in [5, 5.41) is 2.21. The highest BCUT2D eigenvalue weighted by Crippen LogP contribution is 2.29. The van der Waals surface area contributed by atoms with E-state index in [1.54, 1.807) is 0 Å². The summed E-state index contributed by atoms with van der Waals surface area (Å²) in [5.41, 5.74) is -0.366. The summed E-state index contributed by atoms with van der Waals surface area (Å²) in [4.78, 5) is 26.4. The van der Waals surface area contributed by atoms with E-state index in [1.165, 1.54) is 19.0 Å². The minimum atomic E-state index is -2.83. The lowest BCUT2D eigenvalue weighted by atomic mass is 10.2. The van der Waals surface area contributed by atoms with E-state index in [0.717, 1.165) is 12.3 Å². The van der Waals surface area contributed by atoms with Gasteiger partial charge < -0.3 is 15.0 Å². The van der Waals surface area contributed by atoms with Gasteiger partial charge in [-0.15, -0.1) is 0 Å². The molecule has 19 heavy (non-hydrogen) atoms. The SMILES string of the molecule is CN(C)C(=O)COc1ncc(NC=O)cc1C(F)F. The molecular weight excluding hydrogens is 260 g/mol. The zero-order valence-electron chi connectivity index (χ0n) is 10.4. The van der Waals surface area contributed by atoms with Crippen LogP contribution >= 0.6 is 0 Å². The second kappa shape index (κ2) is 6.62. The number of rotatable bonds is 6. The normalized spacial score (nSPS) is 10.2. The Morgan fingerprint density at radius 2 is 2.26 bits per heavy atom. The molecule has 0 unspecified atom stereocenters. The van der Waals surface area contributed by atoms with Crippen molar-refractivity contribution in [1.29, 1.82) is 0 Å². The quantitative estimate of drug-likeness (QED) is 0.786. The largest absolute Gasteiger partial charge is 0.467 e. The minimum Gasteiger partial charge on any atom is -0.467 e. The first-order valence-electron chi connectivity index (χ1n) is 5.27. The predicted molar refractivity (Wildman–Crippen MR) is 63.1 cm³/mol. The second-order valence-electron chi connectivity index (χ2n) is 3.76. The summed E-state index contributed by atoms with van der Waals surface area (Å²) < 4.78 is 30.6. The number of anilines is 1. The van der Waals surface area contributed by atoms with Crippen LogP contribution < -0.4 is 10.1 Å². The molecule has 1 N–H and O–H groups in total. The maximum Gasteiger partial charge on any atom is 0.269 e.